The maximum atomic E-state index is 14.6. The van der Waals surface area contributed by atoms with Crippen molar-refractivity contribution in [3.8, 4) is 17.2 Å². The van der Waals surface area contributed by atoms with Gasteiger partial charge in [0.2, 0.25) is 0 Å². The van der Waals surface area contributed by atoms with Gasteiger partial charge in [-0.2, -0.15) is 0 Å². The molecule has 2 heterocycles. The zero-order valence-electron chi connectivity index (χ0n) is 18.8. The van der Waals surface area contributed by atoms with Crippen molar-refractivity contribution < 1.29 is 22.3 Å². The van der Waals surface area contributed by atoms with E-state index in [1.807, 2.05) is 6.92 Å². The largest absolute Gasteiger partial charge is 0.493 e. The molecule has 0 saturated carbocycles. The van der Waals surface area contributed by atoms with Crippen LogP contribution in [0.3, 0.4) is 0 Å². The fourth-order valence-electron chi connectivity index (χ4n) is 3.39. The number of sulfonamides is 1. The van der Waals surface area contributed by atoms with Crippen LogP contribution in [-0.4, -0.2) is 29.1 Å². The number of aromatic nitrogens is 3. The average molecular weight is 487 g/mol. The van der Waals surface area contributed by atoms with Crippen LogP contribution in [0.4, 0.5) is 10.1 Å². The number of rotatable bonds is 8. The molecule has 0 bridgehead atoms. The van der Waals surface area contributed by atoms with Crippen LogP contribution < -0.4 is 19.9 Å². The van der Waals surface area contributed by atoms with Gasteiger partial charge >= 0.3 is 5.69 Å². The lowest BCUT2D eigenvalue weighted by Crippen LogP contribution is -2.19. The Kier molecular flexibility index (Phi) is 6.29. The van der Waals surface area contributed by atoms with E-state index in [4.69, 9.17) is 9.47 Å². The highest BCUT2D eigenvalue weighted by Gasteiger charge is 2.21. The predicted molar refractivity (Wildman–Crippen MR) is 125 cm³/mol. The van der Waals surface area contributed by atoms with Gasteiger partial charge in [-0.25, -0.2) is 17.6 Å². The monoisotopic (exact) mass is 486 g/mol. The highest BCUT2D eigenvalue weighted by atomic mass is 32.2. The molecule has 0 saturated heterocycles. The summed E-state index contributed by atoms with van der Waals surface area (Å²) in [4.78, 5) is 16.2. The van der Waals surface area contributed by atoms with Crippen LogP contribution in [-0.2, 0) is 24.1 Å². The summed E-state index contributed by atoms with van der Waals surface area (Å²) in [5, 5.41) is 0. The lowest BCUT2D eigenvalue weighted by atomic mass is 10.2. The van der Waals surface area contributed by atoms with Gasteiger partial charge < -0.3 is 9.47 Å². The number of nitrogens with one attached hydrogen (secondary N) is 1. The average Bonchev–Trinajstić information content (AvgIpc) is 3.03. The van der Waals surface area contributed by atoms with E-state index < -0.39 is 15.8 Å². The van der Waals surface area contributed by atoms with E-state index in [9.17, 15) is 17.6 Å². The normalized spacial score (nSPS) is 11.5. The summed E-state index contributed by atoms with van der Waals surface area (Å²) in [5.41, 5.74) is 0.654. The number of benzene rings is 2. The smallest absolute Gasteiger partial charge is 0.328 e. The molecule has 0 fully saturated rings. The van der Waals surface area contributed by atoms with Gasteiger partial charge in [0.05, 0.1) is 23.3 Å². The Bertz CT molecular complexity index is 1510. The molecule has 9 nitrogen and oxygen atoms in total. The predicted octanol–water partition coefficient (Wildman–Crippen LogP) is 3.79. The SMILES string of the molecule is CCCOc1ccc(F)c(Oc2cc3c(cc2NS(=O)(=O)c2cccnc2)n(C)c(=O)n3C)c1. The van der Waals surface area contributed by atoms with E-state index in [2.05, 4.69) is 9.71 Å². The van der Waals surface area contributed by atoms with E-state index in [0.717, 1.165) is 6.42 Å². The van der Waals surface area contributed by atoms with E-state index in [1.165, 1.54) is 64.0 Å². The van der Waals surface area contributed by atoms with Crippen LogP contribution >= 0.6 is 0 Å². The summed E-state index contributed by atoms with van der Waals surface area (Å²) in [5.74, 6) is -0.403. The number of ether oxygens (including phenoxy) is 2. The van der Waals surface area contributed by atoms with Crippen LogP contribution in [0, 0.1) is 5.82 Å². The summed E-state index contributed by atoms with van der Waals surface area (Å²) in [6, 6.07) is 9.91. The number of halogens is 1. The number of fused-ring (bicyclic) bond motifs is 1. The molecule has 2 aromatic carbocycles. The Morgan fingerprint density at radius 1 is 1.06 bits per heavy atom. The summed E-state index contributed by atoms with van der Waals surface area (Å²) in [7, 11) is -0.903. The van der Waals surface area contributed by atoms with Crippen molar-refractivity contribution in [2.75, 3.05) is 11.3 Å². The topological polar surface area (TPSA) is 104 Å². The Balaban J connectivity index is 1.83. The molecule has 34 heavy (non-hydrogen) atoms. The lowest BCUT2D eigenvalue weighted by Gasteiger charge is -2.15. The Labute approximate surface area is 195 Å². The van der Waals surface area contributed by atoms with Crippen LogP contribution in [0.15, 0.2) is 64.5 Å². The van der Waals surface area contributed by atoms with E-state index in [0.29, 0.717) is 23.4 Å². The molecule has 1 N–H and O–H groups in total. The van der Waals surface area contributed by atoms with Crippen LogP contribution in [0.1, 0.15) is 13.3 Å². The second-order valence-corrected chi connectivity index (χ2v) is 9.26. The van der Waals surface area contributed by atoms with E-state index in [1.54, 1.807) is 14.1 Å². The van der Waals surface area contributed by atoms with Gasteiger partial charge in [0.25, 0.3) is 10.0 Å². The maximum absolute atomic E-state index is 14.6. The van der Waals surface area contributed by atoms with Crippen molar-refractivity contribution in [3.05, 3.63) is 71.2 Å². The number of aryl methyl sites for hydroxylation is 2. The van der Waals surface area contributed by atoms with E-state index >= 15 is 0 Å². The number of anilines is 1. The molecular formula is C23H23FN4O5S. The van der Waals surface area contributed by atoms with Crippen molar-refractivity contribution in [1.29, 1.82) is 0 Å². The van der Waals surface area contributed by atoms with Crippen molar-refractivity contribution in [2.45, 2.75) is 18.2 Å². The molecule has 0 aliphatic carbocycles. The zero-order valence-corrected chi connectivity index (χ0v) is 19.6. The maximum Gasteiger partial charge on any atom is 0.328 e. The third kappa shape index (κ3) is 4.46. The van der Waals surface area contributed by atoms with Gasteiger partial charge in [-0.1, -0.05) is 6.92 Å². The minimum absolute atomic E-state index is 0.00714. The second-order valence-electron chi connectivity index (χ2n) is 7.57. The molecule has 0 amide bonds. The second kappa shape index (κ2) is 9.18. The fourth-order valence-corrected chi connectivity index (χ4v) is 4.41. The van der Waals surface area contributed by atoms with E-state index in [-0.39, 0.29) is 27.8 Å². The van der Waals surface area contributed by atoms with Gasteiger partial charge in [0.1, 0.15) is 10.6 Å². The van der Waals surface area contributed by atoms with Crippen molar-refractivity contribution in [2.24, 2.45) is 14.1 Å². The van der Waals surface area contributed by atoms with Gasteiger partial charge in [-0.05, 0) is 36.8 Å². The van der Waals surface area contributed by atoms with Gasteiger partial charge in [-0.3, -0.25) is 18.8 Å². The van der Waals surface area contributed by atoms with Crippen molar-refractivity contribution in [3.63, 3.8) is 0 Å². The van der Waals surface area contributed by atoms with Crippen LogP contribution in [0.5, 0.6) is 17.2 Å². The first-order valence-electron chi connectivity index (χ1n) is 10.4. The summed E-state index contributed by atoms with van der Waals surface area (Å²) >= 11 is 0. The summed E-state index contributed by atoms with van der Waals surface area (Å²) in [6.45, 7) is 2.39. The van der Waals surface area contributed by atoms with Crippen LogP contribution in [0.2, 0.25) is 0 Å². The molecule has 0 aliphatic heterocycles. The highest BCUT2D eigenvalue weighted by molar-refractivity contribution is 7.92. The van der Waals surface area contributed by atoms with Crippen molar-refractivity contribution >= 4 is 26.7 Å². The molecule has 2 aromatic heterocycles. The standard InChI is InChI=1S/C23H23FN4O5S/c1-4-10-32-15-7-8-17(24)21(11-15)33-22-13-20-19(27(2)23(29)28(20)3)12-18(22)26-34(30,31)16-6-5-9-25-14-16/h5-9,11-14,26H,4,10H2,1-3H3. The quantitative estimate of drug-likeness (QED) is 0.406. The number of hydrogen-bond acceptors (Lipinski definition) is 6. The third-order valence-corrected chi connectivity index (χ3v) is 6.51. The molecule has 0 unspecified atom stereocenters. The third-order valence-electron chi connectivity index (χ3n) is 5.16. The zero-order chi connectivity index (χ0) is 24.5. The van der Waals surface area contributed by atoms with Gasteiger partial charge in [0, 0.05) is 38.6 Å². The number of hydrogen-bond donors (Lipinski definition) is 1. The summed E-state index contributed by atoms with van der Waals surface area (Å²) < 4.78 is 57.1. The number of nitrogens with zero attached hydrogens (tertiary/aromatic N) is 3. The number of imidazole rings is 1. The molecule has 4 aromatic rings. The Hall–Kier alpha value is -3.86. The molecule has 4 rings (SSSR count). The Morgan fingerprint density at radius 3 is 2.47 bits per heavy atom. The fraction of sp³-hybridized carbons (Fsp3) is 0.217. The summed E-state index contributed by atoms with van der Waals surface area (Å²) in [6.07, 6.45) is 3.43. The van der Waals surface area contributed by atoms with Gasteiger partial charge in [0.15, 0.2) is 17.3 Å². The first kappa shape index (κ1) is 23.3. The molecule has 0 spiro atoms. The molecule has 178 valence electrons. The minimum Gasteiger partial charge on any atom is -0.493 e. The minimum atomic E-state index is -4.05. The molecule has 0 radical (unpaired) electrons. The lowest BCUT2D eigenvalue weighted by molar-refractivity contribution is 0.314. The van der Waals surface area contributed by atoms with Crippen molar-refractivity contribution in [1.82, 2.24) is 14.1 Å². The van der Waals surface area contributed by atoms with Crippen LogP contribution in [0.25, 0.3) is 11.0 Å². The molecule has 0 aliphatic rings. The first-order chi connectivity index (χ1) is 16.2. The molecular weight excluding hydrogens is 463 g/mol. The van der Waals surface area contributed by atoms with Gasteiger partial charge in [-0.15, -0.1) is 0 Å². The number of pyridine rings is 1. The first-order valence-corrected chi connectivity index (χ1v) is 11.9. The molecule has 0 atom stereocenters. The molecule has 11 heteroatoms. The Morgan fingerprint density at radius 2 is 1.79 bits per heavy atom. The highest BCUT2D eigenvalue weighted by Crippen LogP contribution is 2.37.